The number of carbonyl (C=O) groups excluding carboxylic acids is 2. The van der Waals surface area contributed by atoms with Crippen LogP contribution in [0.25, 0.3) is 0 Å². The summed E-state index contributed by atoms with van der Waals surface area (Å²) < 4.78 is 41.7. The van der Waals surface area contributed by atoms with Crippen LogP contribution in [0.1, 0.15) is 28.8 Å². The number of anilines is 1. The fraction of sp³-hybridized carbons (Fsp3) is 0.188. The minimum absolute atomic E-state index is 0.00558. The molecular weight excluding hydrogens is 339 g/mol. The maximum Gasteiger partial charge on any atom is 0.471 e. The molecule has 0 radical (unpaired) electrons. The molecule has 0 bridgehead atoms. The first kappa shape index (κ1) is 18.2. The maximum atomic E-state index is 12.2. The molecular formula is C16H14F3N3O3. The summed E-state index contributed by atoms with van der Waals surface area (Å²) in [5, 5.41) is 5.64. The van der Waals surface area contributed by atoms with E-state index in [9.17, 15) is 22.8 Å². The Kier molecular flexibility index (Phi) is 5.26. The standard InChI is InChI=1S/C16H14F3N3O3/c1-9-3-8-13(25-9)14(23)22-21-10(2)11-4-6-12(7-5-11)20-15(24)16(17,18)19/h3-8H,1-2H3,(H,20,24)(H,22,23). The fourth-order valence-electron chi connectivity index (χ4n) is 1.81. The number of benzene rings is 1. The van der Waals surface area contributed by atoms with Crippen LogP contribution in [0.2, 0.25) is 0 Å². The number of nitrogens with one attached hydrogen (secondary N) is 2. The molecule has 0 aliphatic rings. The van der Waals surface area contributed by atoms with E-state index in [0.29, 0.717) is 17.0 Å². The molecule has 0 aliphatic carbocycles. The number of halogens is 3. The van der Waals surface area contributed by atoms with E-state index in [1.807, 2.05) is 0 Å². The van der Waals surface area contributed by atoms with E-state index in [1.54, 1.807) is 25.2 Å². The predicted octanol–water partition coefficient (Wildman–Crippen LogP) is 3.24. The summed E-state index contributed by atoms with van der Waals surface area (Å²) in [6, 6.07) is 8.68. The molecule has 25 heavy (non-hydrogen) atoms. The summed E-state index contributed by atoms with van der Waals surface area (Å²) in [6.07, 6.45) is -4.95. The molecule has 1 heterocycles. The molecule has 0 fully saturated rings. The van der Waals surface area contributed by atoms with Crippen molar-refractivity contribution in [2.45, 2.75) is 20.0 Å². The molecule has 0 aliphatic heterocycles. The van der Waals surface area contributed by atoms with Gasteiger partial charge in [-0.25, -0.2) is 5.43 Å². The van der Waals surface area contributed by atoms with E-state index in [1.165, 1.54) is 30.3 Å². The van der Waals surface area contributed by atoms with Gasteiger partial charge >= 0.3 is 18.0 Å². The first-order valence-electron chi connectivity index (χ1n) is 7.06. The van der Waals surface area contributed by atoms with Crippen LogP contribution in [0.5, 0.6) is 0 Å². The van der Waals surface area contributed by atoms with E-state index >= 15 is 0 Å². The zero-order chi connectivity index (χ0) is 18.6. The lowest BCUT2D eigenvalue weighted by Crippen LogP contribution is -2.29. The van der Waals surface area contributed by atoms with Crippen LogP contribution in [0, 0.1) is 6.92 Å². The lowest BCUT2D eigenvalue weighted by Gasteiger charge is -2.08. The number of hydrazone groups is 1. The molecule has 0 saturated heterocycles. The van der Waals surface area contributed by atoms with E-state index in [4.69, 9.17) is 4.42 Å². The van der Waals surface area contributed by atoms with Gasteiger partial charge in [-0.05, 0) is 43.7 Å². The average molecular weight is 353 g/mol. The minimum Gasteiger partial charge on any atom is -0.456 e. The Morgan fingerprint density at radius 2 is 1.72 bits per heavy atom. The highest BCUT2D eigenvalue weighted by Crippen LogP contribution is 2.18. The van der Waals surface area contributed by atoms with E-state index in [2.05, 4.69) is 10.5 Å². The highest BCUT2D eigenvalue weighted by molar-refractivity contribution is 6.01. The highest BCUT2D eigenvalue weighted by Gasteiger charge is 2.38. The molecule has 2 amide bonds. The number of hydrogen-bond acceptors (Lipinski definition) is 4. The van der Waals surface area contributed by atoms with Gasteiger partial charge in [0.05, 0.1) is 5.71 Å². The molecule has 132 valence electrons. The fourth-order valence-corrected chi connectivity index (χ4v) is 1.81. The van der Waals surface area contributed by atoms with Crippen LogP contribution in [-0.4, -0.2) is 23.7 Å². The van der Waals surface area contributed by atoms with Crippen molar-refractivity contribution in [1.82, 2.24) is 5.43 Å². The van der Waals surface area contributed by atoms with Gasteiger partial charge in [0.15, 0.2) is 5.76 Å². The lowest BCUT2D eigenvalue weighted by molar-refractivity contribution is -0.167. The number of nitrogens with zero attached hydrogens (tertiary/aromatic N) is 1. The molecule has 1 aromatic heterocycles. The maximum absolute atomic E-state index is 12.2. The van der Waals surface area contributed by atoms with Crippen molar-refractivity contribution in [2.75, 3.05) is 5.32 Å². The third-order valence-electron chi connectivity index (χ3n) is 3.11. The second-order valence-corrected chi connectivity index (χ2v) is 5.08. The highest BCUT2D eigenvalue weighted by atomic mass is 19.4. The Labute approximate surface area is 140 Å². The molecule has 0 saturated carbocycles. The van der Waals surface area contributed by atoms with Crippen LogP contribution in [0.3, 0.4) is 0 Å². The molecule has 0 spiro atoms. The molecule has 2 aromatic rings. The van der Waals surface area contributed by atoms with Gasteiger partial charge in [0, 0.05) is 5.69 Å². The second-order valence-electron chi connectivity index (χ2n) is 5.08. The number of carbonyl (C=O) groups is 2. The van der Waals surface area contributed by atoms with Crippen molar-refractivity contribution in [2.24, 2.45) is 5.10 Å². The summed E-state index contributed by atoms with van der Waals surface area (Å²) in [5.74, 6) is -1.88. The van der Waals surface area contributed by atoms with Crippen molar-refractivity contribution in [1.29, 1.82) is 0 Å². The van der Waals surface area contributed by atoms with Crippen LogP contribution >= 0.6 is 0 Å². The minimum atomic E-state index is -4.95. The summed E-state index contributed by atoms with van der Waals surface area (Å²) >= 11 is 0. The third kappa shape index (κ3) is 4.93. The van der Waals surface area contributed by atoms with Gasteiger partial charge in [0.25, 0.3) is 0 Å². The van der Waals surface area contributed by atoms with Gasteiger partial charge in [-0.2, -0.15) is 18.3 Å². The summed E-state index contributed by atoms with van der Waals surface area (Å²) in [4.78, 5) is 22.6. The van der Waals surface area contributed by atoms with Crippen LogP contribution in [0.15, 0.2) is 45.9 Å². The van der Waals surface area contributed by atoms with Crippen molar-refractivity contribution < 1.29 is 27.2 Å². The SMILES string of the molecule is CC(=NNC(=O)c1ccc(C)o1)c1ccc(NC(=O)C(F)(F)F)cc1. The van der Waals surface area contributed by atoms with Crippen LogP contribution < -0.4 is 10.7 Å². The summed E-state index contributed by atoms with van der Waals surface area (Å²) in [6.45, 7) is 3.31. The number of alkyl halides is 3. The quantitative estimate of drug-likeness (QED) is 0.654. The van der Waals surface area contributed by atoms with E-state index in [-0.39, 0.29) is 11.4 Å². The monoisotopic (exact) mass is 353 g/mol. The Morgan fingerprint density at radius 1 is 1.08 bits per heavy atom. The van der Waals surface area contributed by atoms with Gasteiger partial charge in [0.2, 0.25) is 0 Å². The van der Waals surface area contributed by atoms with E-state index < -0.39 is 18.0 Å². The van der Waals surface area contributed by atoms with Gasteiger partial charge in [-0.3, -0.25) is 9.59 Å². The molecule has 0 unspecified atom stereocenters. The molecule has 1 aromatic carbocycles. The first-order valence-corrected chi connectivity index (χ1v) is 7.06. The lowest BCUT2D eigenvalue weighted by atomic mass is 10.1. The average Bonchev–Trinajstić information content (AvgIpc) is 2.98. The largest absolute Gasteiger partial charge is 0.471 e. The van der Waals surface area contributed by atoms with Gasteiger partial charge < -0.3 is 9.73 Å². The Bertz CT molecular complexity index is 808. The Hall–Kier alpha value is -3.10. The first-order chi connectivity index (χ1) is 11.7. The molecule has 6 nitrogen and oxygen atoms in total. The van der Waals surface area contributed by atoms with Crippen LogP contribution in [0.4, 0.5) is 18.9 Å². The zero-order valence-corrected chi connectivity index (χ0v) is 13.3. The molecule has 2 N–H and O–H groups in total. The Balaban J connectivity index is 2.01. The van der Waals surface area contributed by atoms with Gasteiger partial charge in [0.1, 0.15) is 5.76 Å². The molecule has 9 heteroatoms. The topological polar surface area (TPSA) is 83.7 Å². The third-order valence-corrected chi connectivity index (χ3v) is 3.11. The van der Waals surface area contributed by atoms with Crippen molar-refractivity contribution in [3.05, 3.63) is 53.5 Å². The summed E-state index contributed by atoms with van der Waals surface area (Å²) in [7, 11) is 0. The molecule has 2 rings (SSSR count). The number of rotatable bonds is 4. The number of amides is 2. The predicted molar refractivity (Wildman–Crippen MR) is 84.2 cm³/mol. The zero-order valence-electron chi connectivity index (χ0n) is 13.3. The smallest absolute Gasteiger partial charge is 0.456 e. The summed E-state index contributed by atoms with van der Waals surface area (Å²) in [5.41, 5.74) is 3.29. The number of aryl methyl sites for hydroxylation is 1. The Morgan fingerprint density at radius 3 is 2.24 bits per heavy atom. The number of hydrogen-bond donors (Lipinski definition) is 2. The van der Waals surface area contributed by atoms with Crippen molar-refractivity contribution in [3.63, 3.8) is 0 Å². The van der Waals surface area contributed by atoms with E-state index in [0.717, 1.165) is 0 Å². The van der Waals surface area contributed by atoms with Crippen molar-refractivity contribution in [3.8, 4) is 0 Å². The van der Waals surface area contributed by atoms with Gasteiger partial charge in [-0.15, -0.1) is 0 Å². The number of furan rings is 1. The van der Waals surface area contributed by atoms with Crippen LogP contribution in [-0.2, 0) is 4.79 Å². The van der Waals surface area contributed by atoms with Gasteiger partial charge in [-0.1, -0.05) is 12.1 Å². The second kappa shape index (κ2) is 7.20. The van der Waals surface area contributed by atoms with Crippen molar-refractivity contribution >= 4 is 23.2 Å². The normalized spacial score (nSPS) is 12.0. The molecule has 0 atom stereocenters.